The second-order valence-corrected chi connectivity index (χ2v) is 5.51. The zero-order valence-electron chi connectivity index (χ0n) is 13.8. The Hall–Kier alpha value is -1.97. The van der Waals surface area contributed by atoms with Crippen LogP contribution in [-0.2, 0) is 4.74 Å². The topological polar surface area (TPSA) is 148 Å². The molecule has 1 aromatic carbocycles. The Labute approximate surface area is 145 Å². The van der Waals surface area contributed by atoms with Crippen LogP contribution in [0.5, 0.6) is 0 Å². The van der Waals surface area contributed by atoms with Gasteiger partial charge in [-0.2, -0.15) is 0 Å². The van der Waals surface area contributed by atoms with Crippen molar-refractivity contribution in [3.05, 3.63) is 41.2 Å². The maximum atomic E-state index is 11.8. The molecule has 0 saturated heterocycles. The van der Waals surface area contributed by atoms with Gasteiger partial charge in [0.2, 0.25) is 0 Å². The molecule has 25 heavy (non-hydrogen) atoms. The number of aliphatic hydroxyl groups is 6. The highest BCUT2D eigenvalue weighted by Gasteiger charge is 2.32. The third-order valence-corrected chi connectivity index (χ3v) is 3.43. The molecular weight excluding hydrogens is 332 g/mol. The van der Waals surface area contributed by atoms with Crippen molar-refractivity contribution in [2.75, 3.05) is 13.2 Å². The van der Waals surface area contributed by atoms with E-state index in [0.717, 1.165) is 6.08 Å². The number of esters is 1. The quantitative estimate of drug-likeness (QED) is 0.258. The Kier molecular flexibility index (Phi) is 8.53. The molecule has 140 valence electrons. The smallest absolute Gasteiger partial charge is 0.338 e. The Morgan fingerprint density at radius 2 is 1.88 bits per heavy atom. The van der Waals surface area contributed by atoms with Crippen LogP contribution in [-0.4, -0.2) is 74.2 Å². The molecule has 0 heterocycles. The minimum atomic E-state index is -1.92. The average molecular weight is 356 g/mol. The number of carbonyl (C=O) groups is 1. The van der Waals surface area contributed by atoms with Gasteiger partial charge in [-0.3, -0.25) is 0 Å². The van der Waals surface area contributed by atoms with Crippen LogP contribution in [0.1, 0.15) is 29.3 Å². The first-order valence-electron chi connectivity index (χ1n) is 7.82. The van der Waals surface area contributed by atoms with Crippen LogP contribution in [0.2, 0.25) is 0 Å². The van der Waals surface area contributed by atoms with Gasteiger partial charge in [0.15, 0.2) is 0 Å². The molecule has 0 unspecified atom stereocenters. The number of carbonyl (C=O) groups excluding carboxylic acids is 1. The molecule has 0 bridgehead atoms. The van der Waals surface area contributed by atoms with Gasteiger partial charge in [0.1, 0.15) is 30.2 Å². The molecule has 1 aromatic rings. The van der Waals surface area contributed by atoms with Gasteiger partial charge < -0.3 is 35.4 Å². The average Bonchev–Trinajstić information content (AvgIpc) is 2.63. The summed E-state index contributed by atoms with van der Waals surface area (Å²) in [5, 5.41) is 57.0. The number of ether oxygens (including phenoxy) is 1. The summed E-state index contributed by atoms with van der Waals surface area (Å²) in [4.78, 5) is 11.8. The molecule has 0 aliphatic carbocycles. The number of rotatable bonds is 9. The van der Waals surface area contributed by atoms with Crippen LogP contribution >= 0.6 is 0 Å². The van der Waals surface area contributed by atoms with Crippen molar-refractivity contribution >= 4 is 12.0 Å². The first-order valence-corrected chi connectivity index (χ1v) is 7.82. The largest absolute Gasteiger partial charge is 0.509 e. The van der Waals surface area contributed by atoms with Gasteiger partial charge >= 0.3 is 5.97 Å². The Morgan fingerprint density at radius 1 is 1.20 bits per heavy atom. The summed E-state index contributed by atoms with van der Waals surface area (Å²) in [5.41, 5.74) is 0.604. The van der Waals surface area contributed by atoms with E-state index in [4.69, 9.17) is 9.84 Å². The van der Waals surface area contributed by atoms with Gasteiger partial charge in [-0.25, -0.2) is 4.79 Å². The normalized spacial score (nSPS) is 16.8. The Morgan fingerprint density at radius 3 is 2.48 bits per heavy atom. The van der Waals surface area contributed by atoms with E-state index in [1.807, 2.05) is 6.92 Å². The first kappa shape index (κ1) is 21.1. The number of benzene rings is 1. The van der Waals surface area contributed by atoms with Crippen LogP contribution in [0.15, 0.2) is 30.0 Å². The standard InChI is InChI=1S/C17H24O8/c1-2-6-25-17(24)11-5-3-4-10(7-11)8-12(19)14(21)16(23)15(22)13(20)9-18/h3-5,7-8,13-16,18-23H,2,6,9H2,1H3/t13-,14+,15-,16-/m1/s1. The van der Waals surface area contributed by atoms with Crippen LogP contribution in [0.25, 0.3) is 6.08 Å². The molecule has 0 amide bonds. The molecule has 8 heteroatoms. The molecule has 0 aliphatic rings. The number of hydrogen-bond donors (Lipinski definition) is 6. The molecule has 8 nitrogen and oxygen atoms in total. The third kappa shape index (κ3) is 6.11. The highest BCUT2D eigenvalue weighted by atomic mass is 16.5. The van der Waals surface area contributed by atoms with E-state index in [1.165, 1.54) is 12.1 Å². The summed E-state index contributed by atoms with van der Waals surface area (Å²) >= 11 is 0. The molecular formula is C17H24O8. The lowest BCUT2D eigenvalue weighted by atomic mass is 10.0. The maximum absolute atomic E-state index is 11.8. The van der Waals surface area contributed by atoms with Gasteiger partial charge in [0.25, 0.3) is 0 Å². The minimum Gasteiger partial charge on any atom is -0.509 e. The minimum absolute atomic E-state index is 0.251. The summed E-state index contributed by atoms with van der Waals surface area (Å²) in [6, 6.07) is 6.05. The van der Waals surface area contributed by atoms with Gasteiger partial charge in [-0.15, -0.1) is 0 Å². The van der Waals surface area contributed by atoms with Crippen molar-refractivity contribution in [2.45, 2.75) is 37.8 Å². The van der Waals surface area contributed by atoms with Gasteiger partial charge in [0, 0.05) is 0 Å². The summed E-state index contributed by atoms with van der Waals surface area (Å²) in [6.07, 6.45) is -5.57. The predicted octanol–water partition coefficient (Wildman–Crippen LogP) is -0.412. The summed E-state index contributed by atoms with van der Waals surface area (Å²) < 4.78 is 5.00. The lowest BCUT2D eigenvalue weighted by molar-refractivity contribution is -0.112. The van der Waals surface area contributed by atoms with E-state index in [0.29, 0.717) is 12.0 Å². The van der Waals surface area contributed by atoms with E-state index in [1.54, 1.807) is 12.1 Å². The van der Waals surface area contributed by atoms with Crippen molar-refractivity contribution < 1.29 is 40.2 Å². The van der Waals surface area contributed by atoms with Crippen LogP contribution in [0.4, 0.5) is 0 Å². The predicted molar refractivity (Wildman–Crippen MR) is 88.7 cm³/mol. The number of hydrogen-bond acceptors (Lipinski definition) is 8. The molecule has 0 spiro atoms. The highest BCUT2D eigenvalue weighted by molar-refractivity contribution is 5.90. The van der Waals surface area contributed by atoms with Crippen molar-refractivity contribution in [1.82, 2.24) is 0 Å². The van der Waals surface area contributed by atoms with Crippen molar-refractivity contribution in [3.63, 3.8) is 0 Å². The lowest BCUT2D eigenvalue weighted by Crippen LogP contribution is -2.46. The van der Waals surface area contributed by atoms with Crippen LogP contribution in [0, 0.1) is 0 Å². The molecule has 0 radical (unpaired) electrons. The monoisotopic (exact) mass is 356 g/mol. The summed E-state index contributed by atoms with van der Waals surface area (Å²) in [7, 11) is 0. The zero-order chi connectivity index (χ0) is 19.0. The highest BCUT2D eigenvalue weighted by Crippen LogP contribution is 2.15. The van der Waals surface area contributed by atoms with Gasteiger partial charge in [-0.05, 0) is 30.2 Å². The molecule has 0 saturated carbocycles. The lowest BCUT2D eigenvalue weighted by Gasteiger charge is -2.25. The zero-order valence-corrected chi connectivity index (χ0v) is 13.8. The fourth-order valence-corrected chi connectivity index (χ4v) is 1.99. The maximum Gasteiger partial charge on any atom is 0.338 e. The SMILES string of the molecule is CCCOC(=O)c1cccc(C=C(O)[C@H](O)[C@@H](O)[C@H](O)[C@H](O)CO)c1. The van der Waals surface area contributed by atoms with Crippen LogP contribution < -0.4 is 0 Å². The first-order chi connectivity index (χ1) is 11.8. The van der Waals surface area contributed by atoms with E-state index >= 15 is 0 Å². The van der Waals surface area contributed by atoms with E-state index in [-0.39, 0.29) is 12.2 Å². The molecule has 0 aromatic heterocycles. The molecule has 0 fully saturated rings. The number of aliphatic hydroxyl groups excluding tert-OH is 6. The summed E-state index contributed by atoms with van der Waals surface area (Å²) in [5.74, 6) is -1.21. The fraction of sp³-hybridized carbons (Fsp3) is 0.471. The Balaban J connectivity index is 2.89. The molecule has 0 aliphatic heterocycles. The molecule has 1 rings (SSSR count). The van der Waals surface area contributed by atoms with Crippen LogP contribution in [0.3, 0.4) is 0 Å². The van der Waals surface area contributed by atoms with Crippen molar-refractivity contribution in [1.29, 1.82) is 0 Å². The molecule has 6 N–H and O–H groups in total. The second-order valence-electron chi connectivity index (χ2n) is 5.51. The van der Waals surface area contributed by atoms with E-state index in [2.05, 4.69) is 0 Å². The second kappa shape index (κ2) is 10.1. The third-order valence-electron chi connectivity index (χ3n) is 3.43. The van der Waals surface area contributed by atoms with E-state index < -0.39 is 42.8 Å². The fourth-order valence-electron chi connectivity index (χ4n) is 1.99. The summed E-state index contributed by atoms with van der Waals surface area (Å²) in [6.45, 7) is 1.32. The van der Waals surface area contributed by atoms with E-state index in [9.17, 15) is 30.3 Å². The van der Waals surface area contributed by atoms with Gasteiger partial charge in [-0.1, -0.05) is 19.1 Å². The van der Waals surface area contributed by atoms with Crippen molar-refractivity contribution in [2.24, 2.45) is 0 Å². The molecule has 4 atom stereocenters. The van der Waals surface area contributed by atoms with Crippen molar-refractivity contribution in [3.8, 4) is 0 Å². The Bertz CT molecular complexity index is 586. The van der Waals surface area contributed by atoms with Gasteiger partial charge in [0.05, 0.1) is 18.8 Å².